The predicted molar refractivity (Wildman–Crippen MR) is 83.7 cm³/mol. The molecule has 0 aromatic heterocycles. The van der Waals surface area contributed by atoms with Gasteiger partial charge in [0.2, 0.25) is 0 Å². The summed E-state index contributed by atoms with van der Waals surface area (Å²) in [6.45, 7) is 0. The Kier molecular flexibility index (Phi) is 2.25. The first-order valence-electron chi connectivity index (χ1n) is 6.61. The molecule has 4 rings (SSSR count). The molecule has 0 fully saturated rings. The average molecular weight is 253 g/mol. The molecule has 4 aromatic rings. The number of rotatable bonds is 0. The molecule has 0 atom stereocenters. The van der Waals surface area contributed by atoms with Crippen LogP contribution in [0.3, 0.4) is 0 Å². The van der Waals surface area contributed by atoms with Gasteiger partial charge >= 0.3 is 0 Å². The molecular formula is C19H11N. The summed E-state index contributed by atoms with van der Waals surface area (Å²) in [7, 11) is 0. The van der Waals surface area contributed by atoms with Crippen LogP contribution < -0.4 is 0 Å². The van der Waals surface area contributed by atoms with E-state index in [1.807, 2.05) is 18.2 Å². The Balaban J connectivity index is 2.25. The zero-order valence-corrected chi connectivity index (χ0v) is 10.8. The molecule has 0 aliphatic heterocycles. The Morgan fingerprint density at radius 1 is 0.600 bits per heavy atom. The van der Waals surface area contributed by atoms with Gasteiger partial charge in [0.1, 0.15) is 0 Å². The maximum absolute atomic E-state index is 9.09. The molecule has 0 aliphatic rings. The van der Waals surface area contributed by atoms with Gasteiger partial charge in [-0.25, -0.2) is 0 Å². The number of fused-ring (bicyclic) bond motifs is 5. The van der Waals surface area contributed by atoms with Gasteiger partial charge < -0.3 is 0 Å². The quantitative estimate of drug-likeness (QED) is 0.404. The van der Waals surface area contributed by atoms with Crippen LogP contribution in [-0.2, 0) is 0 Å². The summed E-state index contributed by atoms with van der Waals surface area (Å²) >= 11 is 0. The largest absolute Gasteiger partial charge is 0.192 e. The van der Waals surface area contributed by atoms with Crippen LogP contribution >= 0.6 is 0 Å². The van der Waals surface area contributed by atoms with Gasteiger partial charge in [-0.1, -0.05) is 54.6 Å². The first-order chi connectivity index (χ1) is 9.86. The highest BCUT2D eigenvalue weighted by molar-refractivity contribution is 6.17. The van der Waals surface area contributed by atoms with Gasteiger partial charge in [0.15, 0.2) is 0 Å². The number of hydrogen-bond acceptors (Lipinski definition) is 1. The van der Waals surface area contributed by atoms with Gasteiger partial charge in [0, 0.05) is 0 Å². The molecule has 0 heterocycles. The monoisotopic (exact) mass is 253 g/mol. The molecule has 0 radical (unpaired) electrons. The summed E-state index contributed by atoms with van der Waals surface area (Å²) < 4.78 is 0. The van der Waals surface area contributed by atoms with Crippen LogP contribution in [0.1, 0.15) is 5.56 Å². The molecule has 1 nitrogen and oxygen atoms in total. The topological polar surface area (TPSA) is 23.8 Å². The van der Waals surface area contributed by atoms with Crippen molar-refractivity contribution in [2.24, 2.45) is 0 Å². The van der Waals surface area contributed by atoms with E-state index >= 15 is 0 Å². The Morgan fingerprint density at radius 2 is 1.25 bits per heavy atom. The molecule has 0 bridgehead atoms. The van der Waals surface area contributed by atoms with Crippen LogP contribution in [0.25, 0.3) is 32.3 Å². The zero-order valence-electron chi connectivity index (χ0n) is 10.8. The van der Waals surface area contributed by atoms with Crippen LogP contribution in [0, 0.1) is 11.3 Å². The second kappa shape index (κ2) is 4.08. The number of nitrogens with zero attached hydrogens (tertiary/aromatic N) is 1. The van der Waals surface area contributed by atoms with Gasteiger partial charge in [0.25, 0.3) is 0 Å². The van der Waals surface area contributed by atoms with Crippen molar-refractivity contribution in [1.29, 1.82) is 5.26 Å². The maximum Gasteiger partial charge on any atom is 0.0991 e. The summed E-state index contributed by atoms with van der Waals surface area (Å²) in [5, 5.41) is 16.4. The minimum atomic E-state index is 0.707. The third-order valence-corrected chi connectivity index (χ3v) is 3.87. The van der Waals surface area contributed by atoms with Crippen molar-refractivity contribution >= 4 is 32.3 Å². The van der Waals surface area contributed by atoms with E-state index in [9.17, 15) is 0 Å². The minimum Gasteiger partial charge on any atom is -0.192 e. The van der Waals surface area contributed by atoms with E-state index in [1.165, 1.54) is 26.9 Å². The number of hydrogen-bond donors (Lipinski definition) is 0. The van der Waals surface area contributed by atoms with Crippen LogP contribution in [0.5, 0.6) is 0 Å². The molecule has 0 saturated heterocycles. The van der Waals surface area contributed by atoms with Gasteiger partial charge in [-0.2, -0.15) is 5.26 Å². The van der Waals surface area contributed by atoms with Crippen molar-refractivity contribution < 1.29 is 0 Å². The third kappa shape index (κ3) is 1.49. The highest BCUT2D eigenvalue weighted by atomic mass is 14.2. The molecule has 0 spiro atoms. The summed E-state index contributed by atoms with van der Waals surface area (Å²) in [6, 6.07) is 25.1. The molecule has 0 unspecified atom stereocenters. The van der Waals surface area contributed by atoms with E-state index in [2.05, 4.69) is 54.6 Å². The Labute approximate surface area is 116 Å². The molecular weight excluding hydrogens is 242 g/mol. The Morgan fingerprint density at radius 3 is 2.05 bits per heavy atom. The van der Waals surface area contributed by atoms with Gasteiger partial charge in [-0.15, -0.1) is 0 Å². The number of nitriles is 1. The van der Waals surface area contributed by atoms with E-state index in [1.54, 1.807) is 0 Å². The van der Waals surface area contributed by atoms with Crippen molar-refractivity contribution in [3.8, 4) is 6.07 Å². The Hall–Kier alpha value is -2.85. The molecule has 1 heteroatoms. The first kappa shape index (κ1) is 11.0. The van der Waals surface area contributed by atoms with E-state index in [0.717, 1.165) is 5.39 Å². The van der Waals surface area contributed by atoms with Gasteiger partial charge in [-0.05, 0) is 44.5 Å². The average Bonchev–Trinajstić information content (AvgIpc) is 2.53. The van der Waals surface area contributed by atoms with Crippen molar-refractivity contribution in [2.45, 2.75) is 0 Å². The van der Waals surface area contributed by atoms with Gasteiger partial charge in [0.05, 0.1) is 11.6 Å². The third-order valence-electron chi connectivity index (χ3n) is 3.87. The summed E-state index contributed by atoms with van der Waals surface area (Å²) in [5.41, 5.74) is 0.707. The van der Waals surface area contributed by atoms with E-state index in [0.29, 0.717) is 5.56 Å². The standard InChI is InChI=1S/C19H11N/c20-12-13-5-6-15-8-9-17-16-4-2-1-3-14(16)7-10-18(17)19(15)11-13/h1-11H. The van der Waals surface area contributed by atoms with Crippen molar-refractivity contribution in [2.75, 3.05) is 0 Å². The molecule has 4 aromatic carbocycles. The lowest BCUT2D eigenvalue weighted by Gasteiger charge is -2.07. The second-order valence-corrected chi connectivity index (χ2v) is 5.00. The SMILES string of the molecule is N#Cc1ccc2ccc3c4ccccc4ccc3c2c1. The summed E-state index contributed by atoms with van der Waals surface area (Å²) in [4.78, 5) is 0. The molecule has 20 heavy (non-hydrogen) atoms. The maximum atomic E-state index is 9.09. The Bertz CT molecular complexity index is 1010. The van der Waals surface area contributed by atoms with E-state index < -0.39 is 0 Å². The number of benzene rings is 4. The molecule has 92 valence electrons. The normalized spacial score (nSPS) is 10.9. The zero-order chi connectivity index (χ0) is 13.5. The van der Waals surface area contributed by atoms with Crippen LogP contribution in [0.4, 0.5) is 0 Å². The van der Waals surface area contributed by atoms with Crippen LogP contribution in [-0.4, -0.2) is 0 Å². The van der Waals surface area contributed by atoms with Gasteiger partial charge in [-0.3, -0.25) is 0 Å². The lowest BCUT2D eigenvalue weighted by atomic mass is 9.96. The van der Waals surface area contributed by atoms with E-state index in [4.69, 9.17) is 5.26 Å². The fourth-order valence-electron chi connectivity index (χ4n) is 2.89. The first-order valence-corrected chi connectivity index (χ1v) is 6.61. The summed E-state index contributed by atoms with van der Waals surface area (Å²) in [5.74, 6) is 0. The molecule has 0 N–H and O–H groups in total. The van der Waals surface area contributed by atoms with Crippen LogP contribution in [0.15, 0.2) is 66.7 Å². The highest BCUT2D eigenvalue weighted by Gasteiger charge is 2.04. The molecule has 0 aliphatic carbocycles. The fraction of sp³-hybridized carbons (Fsp3) is 0. The highest BCUT2D eigenvalue weighted by Crippen LogP contribution is 2.31. The fourth-order valence-corrected chi connectivity index (χ4v) is 2.89. The van der Waals surface area contributed by atoms with Crippen molar-refractivity contribution in [3.63, 3.8) is 0 Å². The predicted octanol–water partition coefficient (Wildman–Crippen LogP) is 5.02. The molecule has 0 saturated carbocycles. The van der Waals surface area contributed by atoms with Crippen molar-refractivity contribution in [1.82, 2.24) is 0 Å². The lowest BCUT2D eigenvalue weighted by molar-refractivity contribution is 1.50. The second-order valence-electron chi connectivity index (χ2n) is 5.00. The smallest absolute Gasteiger partial charge is 0.0991 e. The molecule has 0 amide bonds. The summed E-state index contributed by atoms with van der Waals surface area (Å²) in [6.07, 6.45) is 0. The van der Waals surface area contributed by atoms with Crippen molar-refractivity contribution in [3.05, 3.63) is 72.3 Å². The van der Waals surface area contributed by atoms with E-state index in [-0.39, 0.29) is 0 Å². The van der Waals surface area contributed by atoms with Crippen LogP contribution in [0.2, 0.25) is 0 Å². The minimum absolute atomic E-state index is 0.707. The lowest BCUT2D eigenvalue weighted by Crippen LogP contribution is -1.82.